The van der Waals surface area contributed by atoms with Crippen LogP contribution in [0.2, 0.25) is 13.1 Å². The first-order valence-corrected chi connectivity index (χ1v) is 20.6. The van der Waals surface area contributed by atoms with Gasteiger partial charge in [0, 0.05) is 0 Å². The summed E-state index contributed by atoms with van der Waals surface area (Å²) in [6.45, 7) is 19.5. The molecule has 0 aromatic rings. The van der Waals surface area contributed by atoms with E-state index in [1.807, 2.05) is 6.66 Å². The predicted molar refractivity (Wildman–Crippen MR) is 90.1 cm³/mol. The van der Waals surface area contributed by atoms with Crippen LogP contribution in [0.5, 0.6) is 0 Å². The normalized spacial score (nSPS) is 24.2. The fourth-order valence-corrected chi connectivity index (χ4v) is 36.0. The van der Waals surface area contributed by atoms with Gasteiger partial charge in [-0.3, -0.25) is 0 Å². The minimum Gasteiger partial charge on any atom is -1.00 e. The molecule has 123 valence electrons. The maximum atomic E-state index is 2.61. The van der Waals surface area contributed by atoms with Crippen LogP contribution < -0.4 is 24.8 Å². The van der Waals surface area contributed by atoms with Gasteiger partial charge in [0.05, 0.1) is 0 Å². The maximum absolute atomic E-state index is 2.61. The van der Waals surface area contributed by atoms with E-state index < -0.39 is 26.6 Å². The van der Waals surface area contributed by atoms with E-state index in [1.165, 1.54) is 0 Å². The Balaban J connectivity index is 0.00000220. The predicted octanol–water partition coefficient (Wildman–Crippen LogP) is -0.664. The number of halogens is 2. The van der Waals surface area contributed by atoms with E-state index in [9.17, 15) is 0 Å². The molecule has 0 heterocycles. The molecule has 0 aromatic heterocycles. The third-order valence-corrected chi connectivity index (χ3v) is 33.9. The van der Waals surface area contributed by atoms with Crippen LogP contribution in [0.15, 0.2) is 41.1 Å². The summed E-state index contributed by atoms with van der Waals surface area (Å²) in [5.74, 6) is 0.904. The van der Waals surface area contributed by atoms with Gasteiger partial charge in [-0.2, -0.15) is 0 Å². The van der Waals surface area contributed by atoms with Crippen molar-refractivity contribution in [2.75, 3.05) is 0 Å². The van der Waals surface area contributed by atoms with Gasteiger partial charge in [0.15, 0.2) is 0 Å². The molecule has 2 rings (SSSR count). The van der Waals surface area contributed by atoms with Gasteiger partial charge in [0.1, 0.15) is 0 Å². The summed E-state index contributed by atoms with van der Waals surface area (Å²) in [4.78, 5) is 0. The second-order valence-electron chi connectivity index (χ2n) is 6.98. The number of rotatable bonds is 3. The summed E-state index contributed by atoms with van der Waals surface area (Å²) in [7, 11) is 0. The Morgan fingerprint density at radius 1 is 0.773 bits per heavy atom. The third kappa shape index (κ3) is 3.99. The Bertz CT molecular complexity index is 509. The summed E-state index contributed by atoms with van der Waals surface area (Å²) in [5.41, 5.74) is 6.47. The molecule has 0 nitrogen and oxygen atoms in total. The molecule has 0 aliphatic heterocycles. The molecule has 4 heteroatoms. The Morgan fingerprint density at radius 3 is 1.27 bits per heavy atom. The van der Waals surface area contributed by atoms with Gasteiger partial charge < -0.3 is 24.8 Å². The second-order valence-corrected chi connectivity index (χ2v) is 33.3. The molecule has 0 N–H and O–H groups in total. The number of hydrogen-bond donors (Lipinski definition) is 0. The summed E-state index contributed by atoms with van der Waals surface area (Å²) in [5, 5.41) is 0. The Kier molecular flexibility index (Phi) is 8.89. The van der Waals surface area contributed by atoms with Gasteiger partial charge in [-0.15, -0.1) is 0 Å². The van der Waals surface area contributed by atoms with Gasteiger partial charge in [0.2, 0.25) is 0 Å². The number of allylic oxidation sites excluding steroid dienone is 8. The molecule has 2 aliphatic carbocycles. The van der Waals surface area contributed by atoms with Crippen LogP contribution in [0, 0.1) is 11.8 Å². The van der Waals surface area contributed by atoms with Crippen LogP contribution in [0.4, 0.5) is 0 Å². The fraction of sp³-hybridized carbons (Fsp3) is 0.556. The molecule has 2 unspecified atom stereocenters. The summed E-state index contributed by atoms with van der Waals surface area (Å²) >= 11 is -1.81. The molecule has 0 fully saturated rings. The average molecular weight is 523 g/mol. The van der Waals surface area contributed by atoms with Crippen LogP contribution in [-0.2, 0) is 20.6 Å². The molecule has 0 amide bonds. The molecule has 0 radical (unpaired) electrons. The van der Waals surface area contributed by atoms with Crippen LogP contribution in [0.3, 0.4) is 0 Å². The van der Waals surface area contributed by atoms with Crippen molar-refractivity contribution in [1.29, 1.82) is 0 Å². The van der Waals surface area contributed by atoms with Crippen molar-refractivity contribution in [2.24, 2.45) is 11.8 Å². The van der Waals surface area contributed by atoms with Crippen molar-refractivity contribution in [3.05, 3.63) is 41.1 Å². The first kappa shape index (κ1) is 22.6. The molecular weight excluding hydrogens is 494 g/mol. The van der Waals surface area contributed by atoms with E-state index in [0.717, 1.165) is 11.8 Å². The zero-order valence-corrected chi connectivity index (χ0v) is 21.4. The molecule has 0 saturated carbocycles. The minimum atomic E-state index is -1.81. The van der Waals surface area contributed by atoms with Crippen molar-refractivity contribution >= 4 is 5.98 Å². The van der Waals surface area contributed by atoms with Gasteiger partial charge in [-0.25, -0.2) is 0 Å². The van der Waals surface area contributed by atoms with Crippen molar-refractivity contribution in [2.45, 2.75) is 54.6 Å². The Hall–Kier alpha value is 0.627. The van der Waals surface area contributed by atoms with Gasteiger partial charge >= 0.3 is 134 Å². The van der Waals surface area contributed by atoms with E-state index in [-0.39, 0.29) is 24.8 Å². The van der Waals surface area contributed by atoms with Crippen molar-refractivity contribution < 1.29 is 45.4 Å². The molecule has 2 aliphatic rings. The summed E-state index contributed by atoms with van der Waals surface area (Å²) in [6.07, 6.45) is 4.94. The monoisotopic (exact) mass is 523 g/mol. The van der Waals surface area contributed by atoms with E-state index >= 15 is 0 Å². The van der Waals surface area contributed by atoms with Crippen LogP contribution >= 0.6 is 0 Å². The fourth-order valence-electron chi connectivity index (χ4n) is 3.89. The van der Waals surface area contributed by atoms with E-state index in [1.54, 1.807) is 22.3 Å². The number of hydrogen-bond acceptors (Lipinski definition) is 0. The minimum absolute atomic E-state index is 0. The molecule has 0 aromatic carbocycles. The first-order chi connectivity index (χ1) is 9.25. The molecule has 2 atom stereocenters. The largest absolute Gasteiger partial charge is 1.00 e. The van der Waals surface area contributed by atoms with E-state index in [2.05, 4.69) is 66.8 Å². The summed E-state index contributed by atoms with van der Waals surface area (Å²) in [6, 6.07) is 0. The Labute approximate surface area is 158 Å². The van der Waals surface area contributed by atoms with Crippen LogP contribution in [0.25, 0.3) is 0 Å². The SMILES string of the molecule is CC1=CC(C)=[C]([Hf+2]([C]2=C(C)C=C(C)C2C)[SiH](C)C)C1C.[Cl-].[Cl-]. The molecule has 22 heavy (non-hydrogen) atoms. The average Bonchev–Trinajstić information content (AvgIpc) is 2.72. The zero-order valence-electron chi connectivity index (χ0n) is 15.1. The topological polar surface area (TPSA) is 0 Å². The maximum Gasteiger partial charge on any atom is -1.00 e. The van der Waals surface area contributed by atoms with Crippen molar-refractivity contribution in [3.8, 4) is 0 Å². The first-order valence-electron chi connectivity index (χ1n) is 7.91. The van der Waals surface area contributed by atoms with Gasteiger partial charge in [-0.05, 0) is 0 Å². The van der Waals surface area contributed by atoms with Crippen molar-refractivity contribution in [3.63, 3.8) is 0 Å². The summed E-state index contributed by atoms with van der Waals surface area (Å²) < 4.78 is 3.89. The van der Waals surface area contributed by atoms with Crippen molar-refractivity contribution in [1.82, 2.24) is 0 Å². The third-order valence-electron chi connectivity index (χ3n) is 5.13. The van der Waals surface area contributed by atoms with Gasteiger partial charge in [-0.1, -0.05) is 0 Å². The van der Waals surface area contributed by atoms with E-state index in [4.69, 9.17) is 0 Å². The standard InChI is InChI=1S/2C8H11.C2H7Si.2ClH.Hf/c2*1-6-4-7(2)8(3)5-6;1-3-2;;;/h2*4,8H,1-3H3;3H,1-2H3;2*1H;/q;;;;;+2/p-2. The quantitative estimate of drug-likeness (QED) is 0.432. The smallest absolute Gasteiger partial charge is 1.00 e. The molecule has 0 bridgehead atoms. The van der Waals surface area contributed by atoms with E-state index in [0.29, 0.717) is 0 Å². The zero-order chi connectivity index (χ0) is 15.2. The molecule has 0 spiro atoms. The second kappa shape index (κ2) is 8.64. The Morgan fingerprint density at radius 2 is 1.09 bits per heavy atom. The molecule has 0 saturated heterocycles. The van der Waals surface area contributed by atoms with Crippen LogP contribution in [-0.4, -0.2) is 5.98 Å². The van der Waals surface area contributed by atoms with Gasteiger partial charge in [0.25, 0.3) is 0 Å². The van der Waals surface area contributed by atoms with Crippen LogP contribution in [0.1, 0.15) is 41.5 Å². The molecular formula is C18H29Cl2HfSi.